The molecule has 2 rings (SSSR count). The van der Waals surface area contributed by atoms with Crippen molar-refractivity contribution in [2.24, 2.45) is 17.3 Å². The minimum atomic E-state index is -0.307. The van der Waals surface area contributed by atoms with Gasteiger partial charge in [0.2, 0.25) is 5.91 Å². The van der Waals surface area contributed by atoms with Crippen molar-refractivity contribution in [2.75, 3.05) is 11.9 Å². The summed E-state index contributed by atoms with van der Waals surface area (Å²) in [5.41, 5.74) is 1.97. The van der Waals surface area contributed by atoms with Crippen LogP contribution in [0.3, 0.4) is 0 Å². The number of anilines is 1. The third kappa shape index (κ3) is 4.67. The molecule has 5 heteroatoms. The molecular weight excluding hydrogens is 346 g/mol. The number of ether oxygens (including phenoxy) is 1. The quantitative estimate of drug-likeness (QED) is 0.641. The Morgan fingerprint density at radius 3 is 2.58 bits per heavy atom. The van der Waals surface area contributed by atoms with Gasteiger partial charge >= 0.3 is 5.97 Å². The van der Waals surface area contributed by atoms with Gasteiger partial charge in [-0.25, -0.2) is 4.79 Å². The highest BCUT2D eigenvalue weighted by Gasteiger charge is 2.35. The Morgan fingerprint density at radius 1 is 1.31 bits per heavy atom. The standard InChI is InChI=1S/C21H33NO3S/c1-7-21(5,6)14-9-10-15-16(12-14)26-19(18(15)20(24)25-8-2)22-17(23)11-13(3)4/h13-14H,7-12H2,1-6H3,(H,22,23). The van der Waals surface area contributed by atoms with Crippen LogP contribution >= 0.6 is 11.3 Å². The Labute approximate surface area is 161 Å². The number of carbonyl (C=O) groups excluding carboxylic acids is 2. The van der Waals surface area contributed by atoms with Crippen LogP contribution in [-0.2, 0) is 22.4 Å². The number of carbonyl (C=O) groups is 2. The van der Waals surface area contributed by atoms with E-state index in [1.165, 1.54) is 4.88 Å². The molecule has 1 aromatic heterocycles. The SMILES string of the molecule is CCOC(=O)c1c(NC(=O)CC(C)C)sc2c1CCC(C(C)(C)CC)C2. The predicted molar refractivity (Wildman–Crippen MR) is 108 cm³/mol. The molecule has 146 valence electrons. The van der Waals surface area contributed by atoms with Gasteiger partial charge in [-0.2, -0.15) is 0 Å². The number of amides is 1. The fourth-order valence-electron chi connectivity index (χ4n) is 3.60. The lowest BCUT2D eigenvalue weighted by atomic mass is 9.69. The molecule has 1 aliphatic rings. The zero-order valence-corrected chi connectivity index (χ0v) is 17.8. The summed E-state index contributed by atoms with van der Waals surface area (Å²) in [4.78, 5) is 26.1. The Bertz CT molecular complexity index is 660. The lowest BCUT2D eigenvalue weighted by Gasteiger charge is -2.36. The van der Waals surface area contributed by atoms with E-state index in [0.29, 0.717) is 29.5 Å². The Hall–Kier alpha value is -1.36. The number of nitrogens with one attached hydrogen (secondary N) is 1. The van der Waals surface area contributed by atoms with Gasteiger partial charge in [-0.05, 0) is 49.0 Å². The second-order valence-corrected chi connectivity index (χ2v) is 9.46. The molecular formula is C21H33NO3S. The molecule has 0 fully saturated rings. The molecule has 0 aromatic carbocycles. The van der Waals surface area contributed by atoms with Gasteiger partial charge in [0.25, 0.3) is 0 Å². The van der Waals surface area contributed by atoms with Crippen molar-refractivity contribution in [1.29, 1.82) is 0 Å². The minimum absolute atomic E-state index is 0.0328. The number of hydrogen-bond acceptors (Lipinski definition) is 4. The lowest BCUT2D eigenvalue weighted by molar-refractivity contribution is -0.116. The van der Waals surface area contributed by atoms with Crippen molar-refractivity contribution in [3.8, 4) is 0 Å². The molecule has 0 spiro atoms. The summed E-state index contributed by atoms with van der Waals surface area (Å²) in [6, 6.07) is 0. The summed E-state index contributed by atoms with van der Waals surface area (Å²) in [7, 11) is 0. The second-order valence-electron chi connectivity index (χ2n) is 8.36. The first-order chi connectivity index (χ1) is 12.2. The molecule has 26 heavy (non-hydrogen) atoms. The van der Waals surface area contributed by atoms with Gasteiger partial charge in [0.05, 0.1) is 12.2 Å². The number of thiophene rings is 1. The van der Waals surface area contributed by atoms with Gasteiger partial charge in [0, 0.05) is 11.3 Å². The second kappa shape index (κ2) is 8.55. The predicted octanol–water partition coefficient (Wildman–Crippen LogP) is 5.45. The van der Waals surface area contributed by atoms with E-state index in [1.54, 1.807) is 11.3 Å². The number of esters is 1. The lowest BCUT2D eigenvalue weighted by Crippen LogP contribution is -2.28. The topological polar surface area (TPSA) is 55.4 Å². The van der Waals surface area contributed by atoms with E-state index in [1.807, 2.05) is 20.8 Å². The summed E-state index contributed by atoms with van der Waals surface area (Å²) >= 11 is 1.57. The van der Waals surface area contributed by atoms with Crippen molar-refractivity contribution < 1.29 is 14.3 Å². The number of rotatable bonds is 7. The summed E-state index contributed by atoms with van der Waals surface area (Å²) < 4.78 is 5.29. The van der Waals surface area contributed by atoms with Crippen LogP contribution in [0.15, 0.2) is 0 Å². The summed E-state index contributed by atoms with van der Waals surface area (Å²) in [5, 5.41) is 3.66. The highest BCUT2D eigenvalue weighted by atomic mass is 32.1. The first-order valence-electron chi connectivity index (χ1n) is 9.81. The van der Waals surface area contributed by atoms with E-state index in [-0.39, 0.29) is 23.2 Å². The molecule has 0 saturated heterocycles. The van der Waals surface area contributed by atoms with Crippen LogP contribution in [0.5, 0.6) is 0 Å². The molecule has 1 N–H and O–H groups in total. The van der Waals surface area contributed by atoms with Crippen LogP contribution < -0.4 is 5.32 Å². The minimum Gasteiger partial charge on any atom is -0.462 e. The fraction of sp³-hybridized carbons (Fsp3) is 0.714. The monoisotopic (exact) mass is 379 g/mol. The molecule has 1 aromatic rings. The van der Waals surface area contributed by atoms with Gasteiger partial charge in [0.1, 0.15) is 5.00 Å². The van der Waals surface area contributed by atoms with Crippen LogP contribution in [0.2, 0.25) is 0 Å². The maximum absolute atomic E-state index is 12.6. The van der Waals surface area contributed by atoms with Gasteiger partial charge in [-0.1, -0.05) is 41.0 Å². The average Bonchev–Trinajstić information content (AvgIpc) is 2.90. The molecule has 0 radical (unpaired) electrons. The summed E-state index contributed by atoms with van der Waals surface area (Å²) in [6.45, 7) is 13.1. The van der Waals surface area contributed by atoms with E-state index in [0.717, 1.165) is 31.2 Å². The third-order valence-corrected chi connectivity index (χ3v) is 6.78. The normalized spacial score (nSPS) is 17.1. The van der Waals surface area contributed by atoms with Gasteiger partial charge < -0.3 is 10.1 Å². The zero-order valence-electron chi connectivity index (χ0n) is 17.0. The van der Waals surface area contributed by atoms with Crippen LogP contribution in [-0.4, -0.2) is 18.5 Å². The van der Waals surface area contributed by atoms with E-state index in [9.17, 15) is 9.59 Å². The van der Waals surface area contributed by atoms with Crippen LogP contribution in [0.25, 0.3) is 0 Å². The van der Waals surface area contributed by atoms with Crippen molar-refractivity contribution >= 4 is 28.2 Å². The Kier molecular flexibility index (Phi) is 6.89. The maximum atomic E-state index is 12.6. The summed E-state index contributed by atoms with van der Waals surface area (Å²) in [6.07, 6.45) is 4.54. The van der Waals surface area contributed by atoms with Crippen LogP contribution in [0.1, 0.15) is 81.6 Å². The number of fused-ring (bicyclic) bond motifs is 1. The highest BCUT2D eigenvalue weighted by molar-refractivity contribution is 7.17. The molecule has 1 aliphatic carbocycles. The largest absolute Gasteiger partial charge is 0.462 e. The first kappa shape index (κ1) is 20.9. The summed E-state index contributed by atoms with van der Waals surface area (Å²) in [5.74, 6) is 0.547. The maximum Gasteiger partial charge on any atom is 0.341 e. The van der Waals surface area contributed by atoms with Gasteiger partial charge in [-0.15, -0.1) is 11.3 Å². The van der Waals surface area contributed by atoms with Gasteiger partial charge in [0.15, 0.2) is 0 Å². The molecule has 1 atom stereocenters. The van der Waals surface area contributed by atoms with E-state index in [4.69, 9.17) is 4.74 Å². The molecule has 0 saturated carbocycles. The molecule has 0 bridgehead atoms. The van der Waals surface area contributed by atoms with Crippen molar-refractivity contribution in [3.63, 3.8) is 0 Å². The smallest absolute Gasteiger partial charge is 0.341 e. The Morgan fingerprint density at radius 2 is 2.00 bits per heavy atom. The zero-order chi connectivity index (χ0) is 19.5. The van der Waals surface area contributed by atoms with Crippen molar-refractivity contribution in [2.45, 2.75) is 73.6 Å². The fourth-order valence-corrected chi connectivity index (χ4v) is 4.93. The van der Waals surface area contributed by atoms with E-state index in [2.05, 4.69) is 26.1 Å². The molecule has 4 nitrogen and oxygen atoms in total. The van der Waals surface area contributed by atoms with Crippen molar-refractivity contribution in [3.05, 3.63) is 16.0 Å². The van der Waals surface area contributed by atoms with Crippen LogP contribution in [0.4, 0.5) is 5.00 Å². The molecule has 1 amide bonds. The Balaban J connectivity index is 2.34. The average molecular weight is 380 g/mol. The molecule has 1 unspecified atom stereocenters. The molecule has 1 heterocycles. The van der Waals surface area contributed by atoms with Crippen LogP contribution in [0, 0.1) is 17.3 Å². The van der Waals surface area contributed by atoms with E-state index < -0.39 is 0 Å². The van der Waals surface area contributed by atoms with Gasteiger partial charge in [-0.3, -0.25) is 4.79 Å². The molecule has 0 aliphatic heterocycles. The first-order valence-corrected chi connectivity index (χ1v) is 10.6. The third-order valence-electron chi connectivity index (χ3n) is 5.61. The van der Waals surface area contributed by atoms with E-state index >= 15 is 0 Å². The number of hydrogen-bond donors (Lipinski definition) is 1. The van der Waals surface area contributed by atoms with Crippen molar-refractivity contribution in [1.82, 2.24) is 0 Å². The highest BCUT2D eigenvalue weighted by Crippen LogP contribution is 2.45.